The van der Waals surface area contributed by atoms with Gasteiger partial charge in [-0.25, -0.2) is 9.97 Å². The first-order valence-electron chi connectivity index (χ1n) is 8.03. The van der Waals surface area contributed by atoms with Crippen molar-refractivity contribution in [3.8, 4) is 17.1 Å². The molecule has 0 spiro atoms. The van der Waals surface area contributed by atoms with E-state index in [0.29, 0.717) is 18.1 Å². The molecule has 0 unspecified atom stereocenters. The minimum atomic E-state index is 0.158. The van der Waals surface area contributed by atoms with Gasteiger partial charge in [-0.15, -0.1) is 0 Å². The minimum Gasteiger partial charge on any atom is -0.481 e. The van der Waals surface area contributed by atoms with Crippen LogP contribution in [-0.2, 0) is 6.54 Å². The molecule has 4 rings (SSSR count). The molecule has 0 fully saturated rings. The topological polar surface area (TPSA) is 115 Å². The van der Waals surface area contributed by atoms with Crippen LogP contribution >= 0.6 is 0 Å². The quantitative estimate of drug-likeness (QED) is 0.508. The zero-order chi connectivity index (χ0) is 17.9. The third-order valence-corrected chi connectivity index (χ3v) is 3.96. The molecular formula is C18H17N7O. The third-order valence-electron chi connectivity index (χ3n) is 3.96. The van der Waals surface area contributed by atoms with Gasteiger partial charge in [-0.05, 0) is 29.8 Å². The lowest BCUT2D eigenvalue weighted by molar-refractivity contribution is 0.398. The van der Waals surface area contributed by atoms with Crippen molar-refractivity contribution in [3.63, 3.8) is 0 Å². The normalized spacial score (nSPS) is 10.8. The van der Waals surface area contributed by atoms with Crippen molar-refractivity contribution in [3.05, 3.63) is 54.5 Å². The number of fused-ring (bicyclic) bond motifs is 1. The molecule has 0 saturated heterocycles. The number of methoxy groups -OCH3 is 1. The van der Waals surface area contributed by atoms with Gasteiger partial charge in [0.1, 0.15) is 11.5 Å². The number of anilines is 2. The maximum Gasteiger partial charge on any atom is 0.223 e. The predicted octanol–water partition coefficient (Wildman–Crippen LogP) is 2.62. The van der Waals surface area contributed by atoms with Crippen LogP contribution in [0.25, 0.3) is 22.3 Å². The second-order valence-electron chi connectivity index (χ2n) is 5.66. The monoisotopic (exact) mass is 347 g/mol. The third kappa shape index (κ3) is 3.12. The molecule has 0 aliphatic carbocycles. The molecule has 4 aromatic rings. The van der Waals surface area contributed by atoms with E-state index < -0.39 is 0 Å². The van der Waals surface area contributed by atoms with Crippen LogP contribution in [0.1, 0.15) is 5.56 Å². The molecule has 0 aromatic carbocycles. The summed E-state index contributed by atoms with van der Waals surface area (Å²) in [5.74, 6) is 1.30. The van der Waals surface area contributed by atoms with Gasteiger partial charge in [-0.3, -0.25) is 4.98 Å². The lowest BCUT2D eigenvalue weighted by atomic mass is 10.1. The predicted molar refractivity (Wildman–Crippen MR) is 99.6 cm³/mol. The fourth-order valence-electron chi connectivity index (χ4n) is 2.72. The van der Waals surface area contributed by atoms with Gasteiger partial charge >= 0.3 is 0 Å². The first-order chi connectivity index (χ1) is 12.7. The number of nitrogens with zero attached hydrogens (tertiary/aromatic N) is 4. The second-order valence-corrected chi connectivity index (χ2v) is 5.66. The van der Waals surface area contributed by atoms with Gasteiger partial charge in [0.15, 0.2) is 0 Å². The van der Waals surface area contributed by atoms with E-state index in [0.717, 1.165) is 28.0 Å². The summed E-state index contributed by atoms with van der Waals surface area (Å²) in [5, 5.41) is 4.28. The summed E-state index contributed by atoms with van der Waals surface area (Å²) in [7, 11) is 1.55. The highest BCUT2D eigenvalue weighted by molar-refractivity contribution is 5.94. The number of nitrogens with two attached hydrogens (primary N) is 1. The first kappa shape index (κ1) is 15.8. The zero-order valence-electron chi connectivity index (χ0n) is 14.1. The van der Waals surface area contributed by atoms with Crippen molar-refractivity contribution in [2.45, 2.75) is 6.54 Å². The summed E-state index contributed by atoms with van der Waals surface area (Å²) < 4.78 is 5.21. The van der Waals surface area contributed by atoms with Crippen molar-refractivity contribution < 1.29 is 4.74 Å². The Labute approximate surface area is 149 Å². The van der Waals surface area contributed by atoms with E-state index in [1.165, 1.54) is 0 Å². The van der Waals surface area contributed by atoms with Gasteiger partial charge in [-0.2, -0.15) is 4.98 Å². The summed E-state index contributed by atoms with van der Waals surface area (Å²) in [6, 6.07) is 9.56. The SMILES string of the molecule is COc1cc(-c2cc(NCc3ccncc3)nc3[nH]ccc23)nc(N)n1. The Hall–Kier alpha value is -3.68. The van der Waals surface area contributed by atoms with Crippen LogP contribution in [0.3, 0.4) is 0 Å². The van der Waals surface area contributed by atoms with Crippen molar-refractivity contribution in [2.75, 3.05) is 18.2 Å². The number of H-pyrrole nitrogens is 1. The van der Waals surface area contributed by atoms with Crippen molar-refractivity contribution in [1.29, 1.82) is 0 Å². The van der Waals surface area contributed by atoms with E-state index in [4.69, 9.17) is 10.5 Å². The number of nitrogen functional groups attached to an aromatic ring is 1. The Morgan fingerprint density at radius 2 is 1.96 bits per heavy atom. The molecule has 4 aromatic heterocycles. The standard InChI is InChI=1S/C18H17N7O/c1-26-16-9-14(23-18(19)25-16)13-8-15(24-17-12(13)4-7-21-17)22-10-11-2-5-20-6-3-11/h2-9H,10H2,1H3,(H2,19,23,25)(H2,21,22,24). The molecule has 130 valence electrons. The Morgan fingerprint density at radius 3 is 2.77 bits per heavy atom. The van der Waals surface area contributed by atoms with Crippen LogP contribution in [0.2, 0.25) is 0 Å². The molecule has 0 radical (unpaired) electrons. The van der Waals surface area contributed by atoms with Gasteiger partial charge < -0.3 is 20.8 Å². The zero-order valence-corrected chi connectivity index (χ0v) is 14.1. The Morgan fingerprint density at radius 1 is 1.12 bits per heavy atom. The van der Waals surface area contributed by atoms with Crippen molar-refractivity contribution in [1.82, 2.24) is 24.9 Å². The van der Waals surface area contributed by atoms with E-state index in [-0.39, 0.29) is 5.95 Å². The Bertz CT molecular complexity index is 1050. The molecular weight excluding hydrogens is 330 g/mol. The molecule has 4 heterocycles. The molecule has 4 N–H and O–H groups in total. The van der Waals surface area contributed by atoms with Crippen molar-refractivity contribution in [2.24, 2.45) is 0 Å². The Kier molecular flexibility index (Phi) is 4.06. The van der Waals surface area contributed by atoms with Gasteiger partial charge in [0.05, 0.1) is 12.8 Å². The van der Waals surface area contributed by atoms with E-state index in [9.17, 15) is 0 Å². The van der Waals surface area contributed by atoms with E-state index in [1.54, 1.807) is 25.6 Å². The summed E-state index contributed by atoms with van der Waals surface area (Å²) in [5.41, 5.74) is 9.26. The first-order valence-corrected chi connectivity index (χ1v) is 8.03. The summed E-state index contributed by atoms with van der Waals surface area (Å²) in [6.07, 6.45) is 5.37. The molecule has 0 aliphatic heterocycles. The van der Waals surface area contributed by atoms with Crippen molar-refractivity contribution >= 4 is 22.8 Å². The summed E-state index contributed by atoms with van der Waals surface area (Å²) in [4.78, 5) is 20.2. The van der Waals surface area contributed by atoms with Gasteiger partial charge in [0, 0.05) is 42.2 Å². The molecule has 8 heteroatoms. The van der Waals surface area contributed by atoms with Gasteiger partial charge in [0.25, 0.3) is 0 Å². The number of aromatic amines is 1. The average Bonchev–Trinajstić information content (AvgIpc) is 3.14. The summed E-state index contributed by atoms with van der Waals surface area (Å²) in [6.45, 7) is 0.635. The Balaban J connectivity index is 1.74. The number of pyridine rings is 2. The number of hydrogen-bond donors (Lipinski definition) is 3. The maximum atomic E-state index is 5.82. The largest absolute Gasteiger partial charge is 0.481 e. The fraction of sp³-hybridized carbons (Fsp3) is 0.111. The highest BCUT2D eigenvalue weighted by Crippen LogP contribution is 2.30. The molecule has 8 nitrogen and oxygen atoms in total. The van der Waals surface area contributed by atoms with Crippen LogP contribution in [0, 0.1) is 0 Å². The van der Waals surface area contributed by atoms with Crippen LogP contribution in [-0.4, -0.2) is 32.0 Å². The molecule has 26 heavy (non-hydrogen) atoms. The van der Waals surface area contributed by atoms with Crippen LogP contribution in [0.4, 0.5) is 11.8 Å². The average molecular weight is 347 g/mol. The molecule has 0 aliphatic rings. The highest BCUT2D eigenvalue weighted by atomic mass is 16.5. The lowest BCUT2D eigenvalue weighted by Gasteiger charge is -2.10. The number of nitrogens with one attached hydrogen (secondary N) is 2. The van der Waals surface area contributed by atoms with E-state index in [2.05, 4.69) is 30.2 Å². The number of aromatic nitrogens is 5. The highest BCUT2D eigenvalue weighted by Gasteiger charge is 2.12. The van der Waals surface area contributed by atoms with Gasteiger partial charge in [0.2, 0.25) is 11.8 Å². The smallest absolute Gasteiger partial charge is 0.223 e. The number of rotatable bonds is 5. The minimum absolute atomic E-state index is 0.158. The van der Waals surface area contributed by atoms with Gasteiger partial charge in [-0.1, -0.05) is 0 Å². The lowest BCUT2D eigenvalue weighted by Crippen LogP contribution is -2.03. The molecule has 0 atom stereocenters. The second kappa shape index (κ2) is 6.67. The van der Waals surface area contributed by atoms with E-state index in [1.807, 2.05) is 30.5 Å². The van der Waals surface area contributed by atoms with Crippen LogP contribution < -0.4 is 15.8 Å². The fourth-order valence-corrected chi connectivity index (χ4v) is 2.72. The number of hydrogen-bond acceptors (Lipinski definition) is 7. The maximum absolute atomic E-state index is 5.82. The molecule has 0 bridgehead atoms. The van der Waals surface area contributed by atoms with E-state index >= 15 is 0 Å². The molecule has 0 saturated carbocycles. The summed E-state index contributed by atoms with van der Waals surface area (Å²) >= 11 is 0. The molecule has 0 amide bonds. The number of ether oxygens (including phenoxy) is 1. The van der Waals surface area contributed by atoms with Crippen LogP contribution in [0.15, 0.2) is 48.9 Å². The van der Waals surface area contributed by atoms with Crippen LogP contribution in [0.5, 0.6) is 5.88 Å².